The fourth-order valence-electron chi connectivity index (χ4n) is 6.05. The Morgan fingerprint density at radius 3 is 2.20 bits per heavy atom. The minimum atomic E-state index is -4.28. The number of benzene rings is 4. The first-order valence-corrected chi connectivity index (χ1v) is 18.8. The quantitative estimate of drug-likeness (QED) is 0.146. The molecule has 4 aromatic rings. The standard InChI is InChI=1S/C38H41BrFN3O5S/c1-2-48-33-21-19-32(20-22-33)43(49(46,47)34-23-17-30(39)18-24-34)27-37(44)42(26-29-13-9-10-16-35(29)40)36(25-28-11-5-3-6-12-28)38(45)41-31-14-7-4-8-15-31/h3,5-6,9-13,16-24,31,36H,2,4,7-8,14-15,25-27H2,1H3,(H,41,45)/t36-/m1/s1. The van der Waals surface area contributed by atoms with Crippen LogP contribution in [0.5, 0.6) is 5.75 Å². The van der Waals surface area contributed by atoms with E-state index in [1.54, 1.807) is 54.6 Å². The molecule has 1 aliphatic rings. The van der Waals surface area contributed by atoms with Crippen LogP contribution in [0.4, 0.5) is 10.1 Å². The van der Waals surface area contributed by atoms with Gasteiger partial charge in [-0.25, -0.2) is 12.8 Å². The smallest absolute Gasteiger partial charge is 0.264 e. The Morgan fingerprint density at radius 1 is 0.898 bits per heavy atom. The molecule has 8 nitrogen and oxygen atoms in total. The molecule has 4 aromatic carbocycles. The van der Waals surface area contributed by atoms with Crippen LogP contribution in [0.1, 0.15) is 50.2 Å². The SMILES string of the molecule is CCOc1ccc(N(CC(=O)N(Cc2ccccc2F)[C@H](Cc2ccccc2)C(=O)NC2CCCCC2)S(=O)(=O)c2ccc(Br)cc2)cc1. The summed E-state index contributed by atoms with van der Waals surface area (Å²) in [5, 5.41) is 3.16. The molecule has 49 heavy (non-hydrogen) atoms. The minimum absolute atomic E-state index is 0.0195. The van der Waals surface area contributed by atoms with Crippen LogP contribution < -0.4 is 14.4 Å². The summed E-state index contributed by atoms with van der Waals surface area (Å²) in [6.45, 7) is 1.39. The van der Waals surface area contributed by atoms with Crippen molar-refractivity contribution in [2.45, 2.75) is 69.0 Å². The molecule has 1 atom stereocenters. The lowest BCUT2D eigenvalue weighted by molar-refractivity contribution is -0.140. The number of amides is 2. The summed E-state index contributed by atoms with van der Waals surface area (Å²) in [6, 6.07) is 26.9. The van der Waals surface area contributed by atoms with Gasteiger partial charge in [0.05, 0.1) is 17.2 Å². The van der Waals surface area contributed by atoms with Crippen LogP contribution >= 0.6 is 15.9 Å². The average molecular weight is 751 g/mol. The molecular weight excluding hydrogens is 709 g/mol. The van der Waals surface area contributed by atoms with Crippen LogP contribution in [-0.2, 0) is 32.6 Å². The van der Waals surface area contributed by atoms with E-state index in [9.17, 15) is 18.0 Å². The van der Waals surface area contributed by atoms with Crippen LogP contribution in [0.3, 0.4) is 0 Å². The molecule has 1 N–H and O–H groups in total. The summed E-state index contributed by atoms with van der Waals surface area (Å²) in [7, 11) is -4.28. The summed E-state index contributed by atoms with van der Waals surface area (Å²) in [4.78, 5) is 30.2. The van der Waals surface area contributed by atoms with Gasteiger partial charge in [0.15, 0.2) is 0 Å². The van der Waals surface area contributed by atoms with Crippen LogP contribution in [0.2, 0.25) is 0 Å². The van der Waals surface area contributed by atoms with Crippen molar-refractivity contribution in [1.82, 2.24) is 10.2 Å². The molecule has 0 saturated heterocycles. The summed E-state index contributed by atoms with van der Waals surface area (Å²) >= 11 is 3.35. The van der Waals surface area contributed by atoms with Crippen molar-refractivity contribution in [3.05, 3.63) is 125 Å². The zero-order valence-electron chi connectivity index (χ0n) is 27.4. The van der Waals surface area contributed by atoms with E-state index >= 15 is 4.39 Å². The zero-order chi connectivity index (χ0) is 34.8. The van der Waals surface area contributed by atoms with Crippen LogP contribution in [-0.4, -0.2) is 50.4 Å². The Hall–Kier alpha value is -4.22. The van der Waals surface area contributed by atoms with E-state index < -0.39 is 34.3 Å². The van der Waals surface area contributed by atoms with Gasteiger partial charge in [-0.15, -0.1) is 0 Å². The highest BCUT2D eigenvalue weighted by molar-refractivity contribution is 9.10. The summed E-state index contributed by atoms with van der Waals surface area (Å²) < 4.78 is 51.0. The van der Waals surface area contributed by atoms with Crippen molar-refractivity contribution in [1.29, 1.82) is 0 Å². The second-order valence-corrected chi connectivity index (χ2v) is 14.8. The molecule has 0 heterocycles. The number of carbonyl (C=O) groups excluding carboxylic acids is 2. The molecule has 0 spiro atoms. The van der Waals surface area contributed by atoms with E-state index in [1.165, 1.54) is 23.1 Å². The Balaban J connectivity index is 1.57. The van der Waals surface area contributed by atoms with E-state index in [0.29, 0.717) is 16.8 Å². The van der Waals surface area contributed by atoms with E-state index in [-0.39, 0.29) is 41.1 Å². The van der Waals surface area contributed by atoms with Crippen molar-refractivity contribution in [3.8, 4) is 5.75 Å². The van der Waals surface area contributed by atoms with Gasteiger partial charge in [-0.3, -0.25) is 13.9 Å². The fourth-order valence-corrected chi connectivity index (χ4v) is 7.72. The van der Waals surface area contributed by atoms with E-state index in [4.69, 9.17) is 4.74 Å². The number of sulfonamides is 1. The number of rotatable bonds is 14. The van der Waals surface area contributed by atoms with Gasteiger partial charge in [-0.05, 0) is 79.9 Å². The summed E-state index contributed by atoms with van der Waals surface area (Å²) in [5.74, 6) is -0.999. The number of nitrogens with zero attached hydrogens (tertiary/aromatic N) is 2. The molecule has 2 amide bonds. The molecule has 258 valence electrons. The molecule has 1 saturated carbocycles. The number of halogens is 2. The average Bonchev–Trinajstić information content (AvgIpc) is 3.11. The molecule has 0 aromatic heterocycles. The third kappa shape index (κ3) is 9.48. The lowest BCUT2D eigenvalue weighted by Crippen LogP contribution is -2.55. The zero-order valence-corrected chi connectivity index (χ0v) is 29.8. The maximum atomic E-state index is 15.2. The lowest BCUT2D eigenvalue weighted by atomic mass is 9.94. The molecular formula is C38H41BrFN3O5S. The molecule has 1 aliphatic carbocycles. The van der Waals surface area contributed by atoms with Gasteiger partial charge in [0.2, 0.25) is 11.8 Å². The molecule has 0 radical (unpaired) electrons. The maximum Gasteiger partial charge on any atom is 0.264 e. The van der Waals surface area contributed by atoms with E-state index in [1.807, 2.05) is 37.3 Å². The fraction of sp³-hybridized carbons (Fsp3) is 0.316. The van der Waals surface area contributed by atoms with Gasteiger partial charge in [0, 0.05) is 29.0 Å². The monoisotopic (exact) mass is 749 g/mol. The van der Waals surface area contributed by atoms with Crippen LogP contribution in [0.15, 0.2) is 112 Å². The van der Waals surface area contributed by atoms with Gasteiger partial charge >= 0.3 is 0 Å². The van der Waals surface area contributed by atoms with Crippen molar-refractivity contribution >= 4 is 43.5 Å². The third-order valence-corrected chi connectivity index (χ3v) is 11.0. The molecule has 5 rings (SSSR count). The number of nitrogens with one attached hydrogen (secondary N) is 1. The van der Waals surface area contributed by atoms with Crippen molar-refractivity contribution < 1.29 is 27.1 Å². The second kappa shape index (κ2) is 16.9. The Kier molecular flexibility index (Phi) is 12.5. The van der Waals surface area contributed by atoms with Gasteiger partial charge in [0.25, 0.3) is 10.0 Å². The van der Waals surface area contributed by atoms with Gasteiger partial charge in [-0.2, -0.15) is 0 Å². The first kappa shape index (κ1) is 36.1. The number of anilines is 1. The molecule has 0 aliphatic heterocycles. The molecule has 0 bridgehead atoms. The van der Waals surface area contributed by atoms with Gasteiger partial charge < -0.3 is 15.0 Å². The minimum Gasteiger partial charge on any atom is -0.494 e. The first-order valence-electron chi connectivity index (χ1n) is 16.5. The van der Waals surface area contributed by atoms with Crippen molar-refractivity contribution in [3.63, 3.8) is 0 Å². The predicted molar refractivity (Wildman–Crippen MR) is 192 cm³/mol. The van der Waals surface area contributed by atoms with Crippen LogP contribution in [0, 0.1) is 5.82 Å². The largest absolute Gasteiger partial charge is 0.494 e. The van der Waals surface area contributed by atoms with Crippen molar-refractivity contribution in [2.75, 3.05) is 17.5 Å². The third-order valence-electron chi connectivity index (χ3n) is 8.64. The Labute approximate surface area is 296 Å². The Bertz CT molecular complexity index is 1800. The summed E-state index contributed by atoms with van der Waals surface area (Å²) in [5.41, 5.74) is 1.25. The Morgan fingerprint density at radius 2 is 1.55 bits per heavy atom. The van der Waals surface area contributed by atoms with Crippen molar-refractivity contribution in [2.24, 2.45) is 0 Å². The molecule has 0 unspecified atom stereocenters. The second-order valence-electron chi connectivity index (χ2n) is 12.1. The van der Waals surface area contributed by atoms with E-state index in [2.05, 4.69) is 21.2 Å². The number of hydrogen-bond acceptors (Lipinski definition) is 5. The summed E-state index contributed by atoms with van der Waals surface area (Å²) in [6.07, 6.45) is 4.92. The first-order chi connectivity index (χ1) is 23.7. The highest BCUT2D eigenvalue weighted by atomic mass is 79.9. The van der Waals surface area contributed by atoms with E-state index in [0.717, 1.165) is 42.0 Å². The van der Waals surface area contributed by atoms with Gasteiger partial charge in [-0.1, -0.05) is 83.7 Å². The lowest BCUT2D eigenvalue weighted by Gasteiger charge is -2.35. The molecule has 1 fully saturated rings. The topological polar surface area (TPSA) is 96.0 Å². The van der Waals surface area contributed by atoms with Gasteiger partial charge in [0.1, 0.15) is 24.2 Å². The predicted octanol–water partition coefficient (Wildman–Crippen LogP) is 7.27. The number of ether oxygens (including phenoxy) is 1. The van der Waals surface area contributed by atoms with Crippen LogP contribution in [0.25, 0.3) is 0 Å². The number of carbonyl (C=O) groups is 2. The molecule has 11 heteroatoms. The highest BCUT2D eigenvalue weighted by Gasteiger charge is 2.35. The maximum absolute atomic E-state index is 15.2. The number of hydrogen-bond donors (Lipinski definition) is 1. The normalized spacial score (nSPS) is 14.1. The highest BCUT2D eigenvalue weighted by Crippen LogP contribution is 2.28.